The molecule has 0 bridgehead atoms. The van der Waals surface area contributed by atoms with Gasteiger partial charge in [0.15, 0.2) is 0 Å². The Morgan fingerprint density at radius 1 is 0.321 bits per heavy atom. The SMILES string of the molecule is c1ccc(-c2ccc(N(c3cccc(-c4c(-c5ccccc5)c5ccccc5c5ccccc45)c3)c3cccc4oc5c6ccccc6ccc5c34)cc2)cc1. The molecule has 0 aliphatic heterocycles. The van der Waals surface area contributed by atoms with Crippen LogP contribution in [-0.4, -0.2) is 0 Å². The number of anilines is 3. The Bertz CT molecular complexity index is 3230. The summed E-state index contributed by atoms with van der Waals surface area (Å²) in [6.45, 7) is 0. The lowest BCUT2D eigenvalue weighted by Gasteiger charge is -2.27. The van der Waals surface area contributed by atoms with Crippen molar-refractivity contribution in [1.82, 2.24) is 0 Å². The first-order valence-corrected chi connectivity index (χ1v) is 19.2. The highest BCUT2D eigenvalue weighted by molar-refractivity contribution is 6.22. The predicted molar refractivity (Wildman–Crippen MR) is 237 cm³/mol. The molecule has 0 radical (unpaired) electrons. The third kappa shape index (κ3) is 5.19. The van der Waals surface area contributed by atoms with Gasteiger partial charge in [-0.15, -0.1) is 0 Å². The molecule has 10 aromatic carbocycles. The normalized spacial score (nSPS) is 11.6. The summed E-state index contributed by atoms with van der Waals surface area (Å²) in [6.07, 6.45) is 0. The van der Waals surface area contributed by atoms with Gasteiger partial charge in [-0.25, -0.2) is 0 Å². The average molecular weight is 714 g/mol. The van der Waals surface area contributed by atoms with E-state index in [-0.39, 0.29) is 0 Å². The summed E-state index contributed by atoms with van der Waals surface area (Å²) in [7, 11) is 0. The van der Waals surface area contributed by atoms with Crippen LogP contribution in [0.15, 0.2) is 217 Å². The Morgan fingerprint density at radius 3 is 1.59 bits per heavy atom. The van der Waals surface area contributed by atoms with Crippen LogP contribution < -0.4 is 4.90 Å². The average Bonchev–Trinajstić information content (AvgIpc) is 3.67. The maximum Gasteiger partial charge on any atom is 0.143 e. The molecule has 0 unspecified atom stereocenters. The van der Waals surface area contributed by atoms with Crippen LogP contribution in [0.3, 0.4) is 0 Å². The Labute approximate surface area is 325 Å². The van der Waals surface area contributed by atoms with E-state index in [4.69, 9.17) is 4.42 Å². The number of rotatable bonds is 6. The minimum atomic E-state index is 0.864. The van der Waals surface area contributed by atoms with E-state index >= 15 is 0 Å². The van der Waals surface area contributed by atoms with Gasteiger partial charge in [-0.1, -0.05) is 170 Å². The molecule has 1 heterocycles. The standard InChI is InChI=1S/C54H35NO/c1-3-15-36(16-4-1)37-29-32-41(33-30-37)55(49-27-14-28-50-53(49)48-34-31-38-17-7-8-22-43(38)54(48)56-50)42-21-13-20-40(35-42)52-47-26-12-10-24-45(47)44-23-9-11-25-46(44)51(52)39-18-5-2-6-19-39/h1-35H. The first kappa shape index (κ1) is 32.0. The van der Waals surface area contributed by atoms with Gasteiger partial charge >= 0.3 is 0 Å². The quantitative estimate of drug-likeness (QED) is 0.160. The van der Waals surface area contributed by atoms with Gasteiger partial charge < -0.3 is 9.32 Å². The van der Waals surface area contributed by atoms with E-state index in [9.17, 15) is 0 Å². The summed E-state index contributed by atoms with van der Waals surface area (Å²) in [5, 5.41) is 9.45. The van der Waals surface area contributed by atoms with Crippen LogP contribution in [0.2, 0.25) is 0 Å². The van der Waals surface area contributed by atoms with E-state index in [0.717, 1.165) is 50.0 Å². The van der Waals surface area contributed by atoms with Gasteiger partial charge in [0.05, 0.1) is 11.1 Å². The highest BCUT2D eigenvalue weighted by Crippen LogP contribution is 2.48. The van der Waals surface area contributed by atoms with E-state index in [1.165, 1.54) is 54.7 Å². The van der Waals surface area contributed by atoms with Gasteiger partial charge in [-0.3, -0.25) is 0 Å². The Balaban J connectivity index is 1.18. The second-order valence-electron chi connectivity index (χ2n) is 14.4. The summed E-state index contributed by atoms with van der Waals surface area (Å²) < 4.78 is 6.73. The van der Waals surface area contributed by atoms with Crippen molar-refractivity contribution in [2.45, 2.75) is 0 Å². The molecule has 2 nitrogen and oxygen atoms in total. The van der Waals surface area contributed by atoms with Crippen molar-refractivity contribution in [2.24, 2.45) is 0 Å². The van der Waals surface area contributed by atoms with Crippen LogP contribution in [-0.2, 0) is 0 Å². The van der Waals surface area contributed by atoms with Crippen molar-refractivity contribution < 1.29 is 4.42 Å². The molecule has 0 atom stereocenters. The zero-order valence-electron chi connectivity index (χ0n) is 30.6. The van der Waals surface area contributed by atoms with E-state index in [1.807, 2.05) is 0 Å². The summed E-state index contributed by atoms with van der Waals surface area (Å²) in [6, 6.07) is 76.4. The topological polar surface area (TPSA) is 16.4 Å². The van der Waals surface area contributed by atoms with Crippen molar-refractivity contribution in [3.63, 3.8) is 0 Å². The molecular formula is C54H35NO. The molecule has 56 heavy (non-hydrogen) atoms. The number of fused-ring (bicyclic) bond motifs is 8. The zero-order chi connectivity index (χ0) is 37.0. The summed E-state index contributed by atoms with van der Waals surface area (Å²) in [5.41, 5.74) is 12.2. The van der Waals surface area contributed by atoms with Crippen molar-refractivity contribution in [1.29, 1.82) is 0 Å². The highest BCUT2D eigenvalue weighted by atomic mass is 16.3. The highest BCUT2D eigenvalue weighted by Gasteiger charge is 2.23. The van der Waals surface area contributed by atoms with E-state index in [0.29, 0.717) is 0 Å². The largest absolute Gasteiger partial charge is 0.455 e. The predicted octanol–water partition coefficient (Wildman–Crippen LogP) is 15.5. The molecule has 0 saturated carbocycles. The maximum atomic E-state index is 6.73. The summed E-state index contributed by atoms with van der Waals surface area (Å²) in [5.74, 6) is 0. The molecule has 1 aromatic heterocycles. The van der Waals surface area contributed by atoms with E-state index < -0.39 is 0 Å². The Morgan fingerprint density at radius 2 is 0.875 bits per heavy atom. The van der Waals surface area contributed by atoms with Crippen LogP contribution in [0.5, 0.6) is 0 Å². The molecule has 0 aliphatic rings. The van der Waals surface area contributed by atoms with Gasteiger partial charge in [0.25, 0.3) is 0 Å². The van der Waals surface area contributed by atoms with Gasteiger partial charge in [0, 0.05) is 22.1 Å². The second-order valence-corrected chi connectivity index (χ2v) is 14.4. The molecule has 0 N–H and O–H groups in total. The van der Waals surface area contributed by atoms with Crippen molar-refractivity contribution in [3.05, 3.63) is 212 Å². The van der Waals surface area contributed by atoms with Crippen LogP contribution in [0, 0.1) is 0 Å². The Kier molecular flexibility index (Phi) is 7.53. The lowest BCUT2D eigenvalue weighted by Crippen LogP contribution is -2.10. The molecule has 0 aliphatic carbocycles. The number of hydrogen-bond acceptors (Lipinski definition) is 2. The minimum absolute atomic E-state index is 0.864. The number of furan rings is 1. The maximum absolute atomic E-state index is 6.73. The summed E-state index contributed by atoms with van der Waals surface area (Å²) >= 11 is 0. The molecule has 0 fully saturated rings. The van der Waals surface area contributed by atoms with Gasteiger partial charge in [-0.05, 0) is 103 Å². The van der Waals surface area contributed by atoms with Gasteiger partial charge in [-0.2, -0.15) is 0 Å². The monoisotopic (exact) mass is 713 g/mol. The number of benzene rings is 10. The van der Waals surface area contributed by atoms with Gasteiger partial charge in [0.1, 0.15) is 11.2 Å². The van der Waals surface area contributed by atoms with E-state index in [1.54, 1.807) is 0 Å². The molecular weight excluding hydrogens is 679 g/mol. The smallest absolute Gasteiger partial charge is 0.143 e. The molecule has 0 amide bonds. The minimum Gasteiger partial charge on any atom is -0.455 e. The molecule has 0 saturated heterocycles. The second kappa shape index (κ2) is 13.2. The molecule has 2 heteroatoms. The third-order valence-corrected chi connectivity index (χ3v) is 11.2. The van der Waals surface area contributed by atoms with Crippen LogP contribution in [0.25, 0.3) is 87.6 Å². The van der Waals surface area contributed by atoms with Crippen molar-refractivity contribution in [3.8, 4) is 33.4 Å². The van der Waals surface area contributed by atoms with E-state index in [2.05, 4.69) is 217 Å². The van der Waals surface area contributed by atoms with Crippen molar-refractivity contribution in [2.75, 3.05) is 4.90 Å². The molecule has 11 rings (SSSR count). The summed E-state index contributed by atoms with van der Waals surface area (Å²) in [4.78, 5) is 2.40. The van der Waals surface area contributed by atoms with Crippen LogP contribution in [0.4, 0.5) is 17.1 Å². The van der Waals surface area contributed by atoms with Gasteiger partial charge in [0.2, 0.25) is 0 Å². The molecule has 0 spiro atoms. The number of hydrogen-bond donors (Lipinski definition) is 0. The zero-order valence-corrected chi connectivity index (χ0v) is 30.6. The van der Waals surface area contributed by atoms with Crippen LogP contribution >= 0.6 is 0 Å². The third-order valence-electron chi connectivity index (χ3n) is 11.2. The van der Waals surface area contributed by atoms with Crippen LogP contribution in [0.1, 0.15) is 0 Å². The first-order valence-electron chi connectivity index (χ1n) is 19.2. The Hall–Kier alpha value is -7.42. The number of nitrogens with zero attached hydrogens (tertiary/aromatic N) is 1. The molecule has 262 valence electrons. The fraction of sp³-hybridized carbons (Fsp3) is 0. The lowest BCUT2D eigenvalue weighted by atomic mass is 9.85. The fourth-order valence-corrected chi connectivity index (χ4v) is 8.73. The van der Waals surface area contributed by atoms with Crippen molar-refractivity contribution >= 4 is 71.3 Å². The lowest BCUT2D eigenvalue weighted by molar-refractivity contribution is 0.672. The fourth-order valence-electron chi connectivity index (χ4n) is 8.73. The molecule has 11 aromatic rings. The first-order chi connectivity index (χ1) is 27.8.